The number of hydrogen-bond acceptors (Lipinski definition) is 7. The first-order chi connectivity index (χ1) is 20.3. The van der Waals surface area contributed by atoms with Gasteiger partial charge in [0.25, 0.3) is 0 Å². The molecule has 1 aliphatic heterocycles. The molecule has 2 heterocycles. The van der Waals surface area contributed by atoms with Gasteiger partial charge in [-0.25, -0.2) is 12.8 Å². The highest BCUT2D eigenvalue weighted by atomic mass is 32.2. The molecule has 2 N–H and O–H groups in total. The number of carbonyl (C=O) groups is 1. The Bertz CT molecular complexity index is 1650. The highest BCUT2D eigenvalue weighted by molar-refractivity contribution is 7.90. The fraction of sp³-hybridized carbons (Fsp3) is 0.414. The highest BCUT2D eigenvalue weighted by Gasteiger charge is 2.33. The normalized spacial score (nSPS) is 17.3. The number of halogens is 4. The van der Waals surface area contributed by atoms with E-state index in [4.69, 9.17) is 9.47 Å². The Morgan fingerprint density at radius 1 is 1.14 bits per heavy atom. The van der Waals surface area contributed by atoms with Crippen molar-refractivity contribution in [2.75, 3.05) is 57.4 Å². The predicted molar refractivity (Wildman–Crippen MR) is 155 cm³/mol. The van der Waals surface area contributed by atoms with E-state index in [1.54, 1.807) is 18.2 Å². The minimum absolute atomic E-state index is 0.0249. The van der Waals surface area contributed by atoms with Gasteiger partial charge < -0.3 is 29.6 Å². The van der Waals surface area contributed by atoms with Crippen LogP contribution in [-0.4, -0.2) is 88.9 Å². The van der Waals surface area contributed by atoms with Crippen LogP contribution >= 0.6 is 0 Å². The van der Waals surface area contributed by atoms with E-state index in [9.17, 15) is 26.4 Å². The highest BCUT2D eigenvalue weighted by Crippen LogP contribution is 2.32. The third-order valence-corrected chi connectivity index (χ3v) is 8.08. The second-order valence-electron chi connectivity index (χ2n) is 10.1. The van der Waals surface area contributed by atoms with Crippen LogP contribution in [0.3, 0.4) is 0 Å². The van der Waals surface area contributed by atoms with Gasteiger partial charge in [-0.1, -0.05) is 12.0 Å². The molecule has 1 saturated heterocycles. The Hall–Kier alpha value is -3.96. The van der Waals surface area contributed by atoms with E-state index < -0.39 is 34.8 Å². The Labute approximate surface area is 247 Å². The summed E-state index contributed by atoms with van der Waals surface area (Å²) in [6, 6.07) is 9.98. The lowest BCUT2D eigenvalue weighted by molar-refractivity contribution is -0.140. The first-order valence-electron chi connectivity index (χ1n) is 13.3. The first-order valence-corrected chi connectivity index (χ1v) is 15.2. The number of ether oxygens (including phenoxy) is 2. The first kappa shape index (κ1) is 32.0. The van der Waals surface area contributed by atoms with Crippen molar-refractivity contribution in [1.82, 2.24) is 9.47 Å². The number of amides is 1. The molecule has 0 bridgehead atoms. The molecular weight excluding hydrogens is 592 g/mol. The average Bonchev–Trinajstić information content (AvgIpc) is 3.28. The molecule has 1 aromatic heterocycles. The summed E-state index contributed by atoms with van der Waals surface area (Å²) in [5.74, 6) is 5.57. The number of nitrogens with one attached hydrogen (secondary N) is 2. The molecule has 232 valence electrons. The van der Waals surface area contributed by atoms with Crippen LogP contribution in [0.2, 0.25) is 0 Å². The van der Waals surface area contributed by atoms with Gasteiger partial charge in [0.2, 0.25) is 5.91 Å². The monoisotopic (exact) mass is 624 g/mol. The molecule has 2 atom stereocenters. The summed E-state index contributed by atoms with van der Waals surface area (Å²) >= 11 is 0. The number of rotatable bonds is 9. The van der Waals surface area contributed by atoms with Crippen LogP contribution in [0, 0.1) is 11.8 Å². The van der Waals surface area contributed by atoms with Gasteiger partial charge in [-0.3, -0.25) is 4.79 Å². The maximum absolute atomic E-state index is 15.1. The van der Waals surface area contributed by atoms with Gasteiger partial charge in [0.15, 0.2) is 9.84 Å². The number of fused-ring (bicyclic) bond motifs is 1. The van der Waals surface area contributed by atoms with Crippen LogP contribution < -0.4 is 15.4 Å². The number of carbonyl (C=O) groups excluding carboxylic acids is 1. The molecule has 0 unspecified atom stereocenters. The Morgan fingerprint density at radius 2 is 1.91 bits per heavy atom. The van der Waals surface area contributed by atoms with Crippen molar-refractivity contribution in [2.24, 2.45) is 0 Å². The minimum Gasteiger partial charge on any atom is -0.495 e. The maximum Gasteiger partial charge on any atom is 0.406 e. The molecule has 1 aliphatic rings. The summed E-state index contributed by atoms with van der Waals surface area (Å²) in [4.78, 5) is 13.5. The number of alkyl halides is 4. The zero-order chi connectivity index (χ0) is 31.4. The summed E-state index contributed by atoms with van der Waals surface area (Å²) in [7, 11) is -0.676. The molecule has 4 rings (SSSR count). The van der Waals surface area contributed by atoms with Crippen LogP contribution in [0.1, 0.15) is 12.1 Å². The molecule has 2 aromatic carbocycles. The van der Waals surface area contributed by atoms with Gasteiger partial charge in [-0.05, 0) is 42.7 Å². The summed E-state index contributed by atoms with van der Waals surface area (Å²) < 4.78 is 90.6. The third-order valence-electron chi connectivity index (χ3n) is 6.97. The molecule has 1 fully saturated rings. The van der Waals surface area contributed by atoms with E-state index in [1.807, 2.05) is 0 Å². The van der Waals surface area contributed by atoms with Crippen molar-refractivity contribution in [3.05, 3.63) is 48.2 Å². The lowest BCUT2D eigenvalue weighted by Gasteiger charge is -2.35. The quantitative estimate of drug-likeness (QED) is 0.273. The zero-order valence-corrected chi connectivity index (χ0v) is 24.6. The smallest absolute Gasteiger partial charge is 0.406 e. The van der Waals surface area contributed by atoms with Crippen LogP contribution in [0.4, 0.5) is 28.9 Å². The topological polar surface area (TPSA) is 102 Å². The lowest BCUT2D eigenvalue weighted by Crippen LogP contribution is -2.50. The number of anilines is 2. The van der Waals surface area contributed by atoms with E-state index >= 15 is 4.39 Å². The molecule has 0 saturated carbocycles. The average molecular weight is 625 g/mol. The second kappa shape index (κ2) is 13.1. The number of benzene rings is 2. The van der Waals surface area contributed by atoms with E-state index in [1.165, 1.54) is 43.4 Å². The molecular formula is C29H32F4N4O5S. The molecule has 0 radical (unpaired) electrons. The Kier molecular flexibility index (Phi) is 9.76. The van der Waals surface area contributed by atoms with Gasteiger partial charge in [0, 0.05) is 37.1 Å². The SMILES string of the molecule is COCC(=O)N1CC[C@H](Nc2cccc3c2cc(C#CCNc2ccc(S(C)(=O)=O)cc2OC)n3CC(F)(F)F)[C@H](F)C1. The minimum atomic E-state index is -4.52. The number of nitrogens with zero attached hydrogens (tertiary/aromatic N) is 2. The van der Waals surface area contributed by atoms with E-state index in [0.29, 0.717) is 29.7 Å². The van der Waals surface area contributed by atoms with Gasteiger partial charge >= 0.3 is 6.18 Å². The fourth-order valence-electron chi connectivity index (χ4n) is 4.89. The van der Waals surface area contributed by atoms with Crippen LogP contribution in [0.15, 0.2) is 47.4 Å². The number of piperidine rings is 1. The van der Waals surface area contributed by atoms with E-state index in [0.717, 1.165) is 10.8 Å². The summed E-state index contributed by atoms with van der Waals surface area (Å²) in [6.45, 7) is -1.19. The Morgan fingerprint density at radius 3 is 2.56 bits per heavy atom. The van der Waals surface area contributed by atoms with Crippen molar-refractivity contribution in [3.8, 4) is 17.6 Å². The summed E-state index contributed by atoms with van der Waals surface area (Å²) in [5.41, 5.74) is 1.31. The lowest BCUT2D eigenvalue weighted by atomic mass is 10.0. The summed E-state index contributed by atoms with van der Waals surface area (Å²) in [5, 5.41) is 6.57. The van der Waals surface area contributed by atoms with E-state index in [-0.39, 0.29) is 47.5 Å². The summed E-state index contributed by atoms with van der Waals surface area (Å²) in [6.07, 6.45) is -4.53. The molecule has 14 heteroatoms. The van der Waals surface area contributed by atoms with Gasteiger partial charge in [0.1, 0.15) is 25.1 Å². The molecule has 3 aromatic rings. The molecule has 0 aliphatic carbocycles. The second-order valence-corrected chi connectivity index (χ2v) is 12.1. The number of methoxy groups -OCH3 is 2. The van der Waals surface area contributed by atoms with Crippen molar-refractivity contribution in [2.45, 2.75) is 36.3 Å². The van der Waals surface area contributed by atoms with Crippen LogP contribution in [0.5, 0.6) is 5.75 Å². The number of sulfone groups is 1. The Balaban J connectivity index is 1.57. The number of hydrogen-bond donors (Lipinski definition) is 2. The van der Waals surface area contributed by atoms with E-state index in [2.05, 4.69) is 22.5 Å². The largest absolute Gasteiger partial charge is 0.495 e. The van der Waals surface area contributed by atoms with Gasteiger partial charge in [-0.15, -0.1) is 0 Å². The van der Waals surface area contributed by atoms with Crippen molar-refractivity contribution in [3.63, 3.8) is 0 Å². The number of likely N-dealkylation sites (tertiary alicyclic amines) is 1. The van der Waals surface area contributed by atoms with Gasteiger partial charge in [-0.2, -0.15) is 13.2 Å². The molecule has 0 spiro atoms. The molecule has 9 nitrogen and oxygen atoms in total. The van der Waals surface area contributed by atoms with Crippen molar-refractivity contribution >= 4 is 38.0 Å². The zero-order valence-electron chi connectivity index (χ0n) is 23.8. The molecule has 43 heavy (non-hydrogen) atoms. The standard InChI is InChI=1S/C29H32F4N4O5S/c1-41-17-28(38)36-13-11-24(22(30)16-36)35-23-7-4-8-26-21(23)14-19(37(26)18-29(31,32)33)6-5-12-34-25-10-9-20(43(3,39)40)15-27(25)42-2/h4,7-10,14-15,22,24,34-35H,11-13,16-18H2,1-3H3/t22-,24+/m1/s1. The predicted octanol–water partition coefficient (Wildman–Crippen LogP) is 4.08. The third kappa shape index (κ3) is 7.91. The molecule has 1 amide bonds. The maximum atomic E-state index is 15.1. The van der Waals surface area contributed by atoms with Crippen LogP contribution in [0.25, 0.3) is 10.9 Å². The fourth-order valence-corrected chi connectivity index (χ4v) is 5.53. The van der Waals surface area contributed by atoms with Crippen molar-refractivity contribution in [1.29, 1.82) is 0 Å². The van der Waals surface area contributed by atoms with Crippen molar-refractivity contribution < 1.29 is 40.2 Å². The van der Waals surface area contributed by atoms with Crippen LogP contribution in [-0.2, 0) is 25.9 Å². The van der Waals surface area contributed by atoms with Gasteiger partial charge in [0.05, 0.1) is 48.0 Å². The number of aromatic nitrogens is 1.